The fourth-order valence-electron chi connectivity index (χ4n) is 3.16. The zero-order chi connectivity index (χ0) is 22.5. The molecule has 1 saturated heterocycles. The van der Waals surface area contributed by atoms with Crippen LogP contribution in [0.5, 0.6) is 0 Å². The molecule has 1 aliphatic rings. The molecule has 3 rings (SSSR count). The van der Waals surface area contributed by atoms with Crippen molar-refractivity contribution in [3.8, 4) is 0 Å². The minimum Gasteiger partial charge on any atom is -0.478 e. The van der Waals surface area contributed by atoms with Gasteiger partial charge in [-0.05, 0) is 42.3 Å². The van der Waals surface area contributed by atoms with Crippen molar-refractivity contribution in [1.29, 1.82) is 0 Å². The second-order valence-corrected chi connectivity index (χ2v) is 7.64. The number of nitrogens with zero attached hydrogens (tertiary/aromatic N) is 2. The summed E-state index contributed by atoms with van der Waals surface area (Å²) in [5, 5.41) is 22.2. The Morgan fingerprint density at radius 2 is 1.94 bits per heavy atom. The number of aromatic carboxylic acids is 1. The van der Waals surface area contributed by atoms with Gasteiger partial charge in [-0.1, -0.05) is 6.07 Å². The zero-order valence-electron chi connectivity index (χ0n) is 16.1. The average molecular weight is 445 g/mol. The van der Waals surface area contributed by atoms with Gasteiger partial charge in [-0.15, -0.1) is 0 Å². The molecule has 0 aliphatic carbocycles. The molecule has 2 N–H and O–H groups in total. The van der Waals surface area contributed by atoms with E-state index in [2.05, 4.69) is 17.9 Å². The molecule has 2 atom stereocenters. The number of hydrogen-bond donors (Lipinski definition) is 3. The summed E-state index contributed by atoms with van der Waals surface area (Å²) in [5.74, 6) is -1.60. The Kier molecular flexibility index (Phi) is 6.75. The van der Waals surface area contributed by atoms with E-state index >= 15 is 0 Å². The number of carboxylic acids is 1. The number of non-ortho nitro benzene ring substituents is 1. The topological polar surface area (TPSA) is 139 Å². The second kappa shape index (κ2) is 9.47. The molecular weight excluding hydrogens is 426 g/mol. The van der Waals surface area contributed by atoms with Crippen LogP contribution in [-0.2, 0) is 16.1 Å². The molecule has 2 amide bonds. The zero-order valence-corrected chi connectivity index (χ0v) is 17.0. The van der Waals surface area contributed by atoms with Crippen LogP contribution < -0.4 is 5.32 Å². The van der Waals surface area contributed by atoms with Gasteiger partial charge in [0.05, 0.1) is 10.5 Å². The molecule has 11 heteroatoms. The normalized spacial score (nSPS) is 17.8. The standard InChI is InChI=1S/C20H19N3O7S/c24-18(21-14-3-1-2-13(8-14)19(25)26)17-9-16(31)10-22(17)20(27)30-11-12-4-6-15(7-5-12)23(28)29/h1-8,16-17,31H,9-11H2,(H,21,24)(H,25,26)/t16-,17+/m1/s1. The lowest BCUT2D eigenvalue weighted by Crippen LogP contribution is -2.43. The maximum atomic E-state index is 12.7. The number of anilines is 1. The van der Waals surface area contributed by atoms with Gasteiger partial charge in [0.15, 0.2) is 0 Å². The number of benzene rings is 2. The highest BCUT2D eigenvalue weighted by Gasteiger charge is 2.39. The third-order valence-corrected chi connectivity index (χ3v) is 5.08. The molecule has 2 aromatic carbocycles. The minimum absolute atomic E-state index is 0.0238. The van der Waals surface area contributed by atoms with Gasteiger partial charge in [0.1, 0.15) is 12.6 Å². The van der Waals surface area contributed by atoms with Crippen molar-refractivity contribution in [3.63, 3.8) is 0 Å². The summed E-state index contributed by atoms with van der Waals surface area (Å²) in [7, 11) is 0. The highest BCUT2D eigenvalue weighted by molar-refractivity contribution is 7.81. The molecule has 1 aliphatic heterocycles. The number of nitro groups is 1. The first-order valence-electron chi connectivity index (χ1n) is 9.23. The summed E-state index contributed by atoms with van der Waals surface area (Å²) in [6.45, 7) is 0.0923. The lowest BCUT2D eigenvalue weighted by Gasteiger charge is -2.23. The molecule has 10 nitrogen and oxygen atoms in total. The van der Waals surface area contributed by atoms with Crippen molar-refractivity contribution >= 4 is 42.0 Å². The first-order chi connectivity index (χ1) is 14.7. The van der Waals surface area contributed by atoms with Crippen LogP contribution in [0, 0.1) is 10.1 Å². The Hall–Kier alpha value is -3.60. The maximum Gasteiger partial charge on any atom is 0.410 e. The number of ether oxygens (including phenoxy) is 1. The van der Waals surface area contributed by atoms with E-state index in [1.54, 1.807) is 6.07 Å². The monoisotopic (exact) mass is 445 g/mol. The number of carboxylic acid groups (broad SMARTS) is 1. The van der Waals surface area contributed by atoms with Gasteiger partial charge in [-0.2, -0.15) is 12.6 Å². The Morgan fingerprint density at radius 1 is 1.23 bits per heavy atom. The number of likely N-dealkylation sites (tertiary alicyclic amines) is 1. The summed E-state index contributed by atoms with van der Waals surface area (Å²) in [4.78, 5) is 47.8. The quantitative estimate of drug-likeness (QED) is 0.353. The number of carbonyl (C=O) groups excluding carboxylic acids is 2. The van der Waals surface area contributed by atoms with E-state index in [0.717, 1.165) is 0 Å². The number of thiol groups is 1. The first-order valence-corrected chi connectivity index (χ1v) is 9.75. The van der Waals surface area contributed by atoms with Crippen LogP contribution >= 0.6 is 12.6 Å². The summed E-state index contributed by atoms with van der Waals surface area (Å²) in [5.41, 5.74) is 0.811. The summed E-state index contributed by atoms with van der Waals surface area (Å²) in [6.07, 6.45) is -0.408. The van der Waals surface area contributed by atoms with E-state index in [4.69, 9.17) is 9.84 Å². The number of hydrogen-bond acceptors (Lipinski definition) is 7. The lowest BCUT2D eigenvalue weighted by atomic mass is 10.1. The Bertz CT molecular complexity index is 1010. The van der Waals surface area contributed by atoms with Crippen LogP contribution in [0.2, 0.25) is 0 Å². The van der Waals surface area contributed by atoms with E-state index in [1.807, 2.05) is 0 Å². The highest BCUT2D eigenvalue weighted by atomic mass is 32.1. The van der Waals surface area contributed by atoms with E-state index < -0.39 is 28.9 Å². The Morgan fingerprint density at radius 3 is 2.58 bits per heavy atom. The van der Waals surface area contributed by atoms with Crippen LogP contribution in [0.3, 0.4) is 0 Å². The molecule has 1 fully saturated rings. The van der Waals surface area contributed by atoms with E-state index in [0.29, 0.717) is 17.7 Å². The molecular formula is C20H19N3O7S. The van der Waals surface area contributed by atoms with Crippen LogP contribution in [0.15, 0.2) is 48.5 Å². The predicted molar refractivity (Wildman–Crippen MR) is 113 cm³/mol. The van der Waals surface area contributed by atoms with E-state index in [9.17, 15) is 24.5 Å². The van der Waals surface area contributed by atoms with Gasteiger partial charge in [0, 0.05) is 29.6 Å². The van der Waals surface area contributed by atoms with Crippen molar-refractivity contribution in [1.82, 2.24) is 4.90 Å². The van der Waals surface area contributed by atoms with Crippen LogP contribution in [0.4, 0.5) is 16.2 Å². The Labute approximate surface area is 182 Å². The maximum absolute atomic E-state index is 12.7. The largest absolute Gasteiger partial charge is 0.478 e. The number of amides is 2. The van der Waals surface area contributed by atoms with Crippen molar-refractivity contribution in [3.05, 3.63) is 69.8 Å². The lowest BCUT2D eigenvalue weighted by molar-refractivity contribution is -0.384. The number of carbonyl (C=O) groups is 3. The molecule has 1 heterocycles. The molecule has 162 valence electrons. The number of nitro benzene ring substituents is 1. The molecule has 2 aromatic rings. The molecule has 0 unspecified atom stereocenters. The van der Waals surface area contributed by atoms with E-state index in [-0.39, 0.29) is 29.7 Å². The minimum atomic E-state index is -1.12. The fourth-order valence-corrected chi connectivity index (χ4v) is 3.54. The molecule has 0 spiro atoms. The molecule has 0 radical (unpaired) electrons. The smallest absolute Gasteiger partial charge is 0.410 e. The number of nitrogens with one attached hydrogen (secondary N) is 1. The van der Waals surface area contributed by atoms with Crippen molar-refractivity contribution in [2.45, 2.75) is 24.3 Å². The van der Waals surface area contributed by atoms with Gasteiger partial charge >= 0.3 is 12.1 Å². The SMILES string of the molecule is O=C(O)c1cccc(NC(=O)[C@@H]2C[C@@H](S)CN2C(=O)OCc2ccc([N+](=O)[O-])cc2)c1. The second-order valence-electron chi connectivity index (χ2n) is 6.91. The third-order valence-electron chi connectivity index (χ3n) is 4.70. The summed E-state index contributed by atoms with van der Waals surface area (Å²) >= 11 is 4.37. The van der Waals surface area contributed by atoms with Crippen molar-refractivity contribution in [2.24, 2.45) is 0 Å². The van der Waals surface area contributed by atoms with Gasteiger partial charge in [-0.25, -0.2) is 9.59 Å². The Balaban J connectivity index is 1.63. The van der Waals surface area contributed by atoms with Gasteiger partial charge < -0.3 is 15.2 Å². The van der Waals surface area contributed by atoms with Gasteiger partial charge in [-0.3, -0.25) is 19.8 Å². The van der Waals surface area contributed by atoms with Crippen molar-refractivity contribution < 1.29 is 29.2 Å². The highest BCUT2D eigenvalue weighted by Crippen LogP contribution is 2.25. The fraction of sp³-hybridized carbons (Fsp3) is 0.250. The molecule has 31 heavy (non-hydrogen) atoms. The third kappa shape index (κ3) is 5.51. The van der Waals surface area contributed by atoms with Gasteiger partial charge in [0.25, 0.3) is 5.69 Å². The number of rotatable bonds is 6. The van der Waals surface area contributed by atoms with Crippen LogP contribution in [0.1, 0.15) is 22.3 Å². The predicted octanol–water partition coefficient (Wildman–Crippen LogP) is 2.94. The summed E-state index contributed by atoms with van der Waals surface area (Å²) < 4.78 is 5.27. The average Bonchev–Trinajstić information content (AvgIpc) is 3.14. The molecule has 0 aromatic heterocycles. The first kappa shape index (κ1) is 22.1. The van der Waals surface area contributed by atoms with Crippen LogP contribution in [-0.4, -0.2) is 50.7 Å². The van der Waals surface area contributed by atoms with E-state index in [1.165, 1.54) is 47.4 Å². The van der Waals surface area contributed by atoms with Crippen LogP contribution in [0.25, 0.3) is 0 Å². The van der Waals surface area contributed by atoms with Gasteiger partial charge in [0.2, 0.25) is 5.91 Å². The molecule has 0 bridgehead atoms. The summed E-state index contributed by atoms with van der Waals surface area (Å²) in [6, 6.07) is 10.5. The molecule has 0 saturated carbocycles. The van der Waals surface area contributed by atoms with Crippen molar-refractivity contribution in [2.75, 3.05) is 11.9 Å².